The van der Waals surface area contributed by atoms with Gasteiger partial charge in [-0.2, -0.15) is 0 Å². The second-order valence-corrected chi connectivity index (χ2v) is 27.9. The van der Waals surface area contributed by atoms with Gasteiger partial charge in [0, 0.05) is 46.5 Å². The van der Waals surface area contributed by atoms with Crippen molar-refractivity contribution in [3.8, 4) is 62.4 Å². The molecule has 4 aromatic heterocycles. The summed E-state index contributed by atoms with van der Waals surface area (Å²) in [6, 6.07) is 85.4. The van der Waals surface area contributed by atoms with Gasteiger partial charge in [0.15, 0.2) is 0 Å². The molecule has 0 saturated carbocycles. The summed E-state index contributed by atoms with van der Waals surface area (Å²) in [5, 5.41) is 7.02. The van der Waals surface area contributed by atoms with E-state index in [1.54, 1.807) is 18.3 Å². The van der Waals surface area contributed by atoms with E-state index in [9.17, 15) is 8.78 Å². The number of rotatable bonds is 13. The van der Waals surface area contributed by atoms with Crippen molar-refractivity contribution in [1.82, 2.24) is 28.7 Å². The molecule has 0 aliphatic heterocycles. The second-order valence-electron chi connectivity index (χ2n) is 27.9. The Hall–Kier alpha value is -10.4. The largest absolute Gasteiger partial charge is 3.00 e. The minimum atomic E-state index is -0.295. The molecule has 504 valence electrons. The maximum atomic E-state index is 13.5. The molecule has 0 atom stereocenters. The molecule has 16 rings (SSSR count). The van der Waals surface area contributed by atoms with Crippen LogP contribution in [0.15, 0.2) is 241 Å². The quantitative estimate of drug-likeness (QED) is 0.0852. The zero-order valence-electron chi connectivity index (χ0n) is 59.2. The summed E-state index contributed by atoms with van der Waals surface area (Å²) in [6.07, 6.45) is 3.76. The van der Waals surface area contributed by atoms with Gasteiger partial charge in [-0.15, -0.1) is 77.9 Å². The molecule has 0 aliphatic rings. The SMILES string of the molecule is CC(C)c1cc(-c2ccccc2)cc(C(C)C)c1-n1c(-c2[c-]ccc3c2oc2cc4c(ccc5ccccc54)cc23)nc2ccccc21.CC(C)c1cccc(C(C)C)c1-n1c(-c2[c-]cc(F)cc2)nc2ccccc21.CC(C)c1cccc(C(C)C)c1-n1ccnc1-c1[c-]cc(F)cc1.[Ir+3]. The summed E-state index contributed by atoms with van der Waals surface area (Å²) in [4.78, 5) is 14.7. The zero-order valence-corrected chi connectivity index (χ0v) is 61.6. The number of furan rings is 1. The Kier molecular flexibility index (Phi) is 19.9. The fraction of sp³-hybridized carbons (Fsp3) is 0.198. The number of para-hydroxylation sites is 6. The molecule has 0 unspecified atom stereocenters. The van der Waals surface area contributed by atoms with Crippen LogP contribution in [0.3, 0.4) is 0 Å². The summed E-state index contributed by atoms with van der Waals surface area (Å²) in [5.41, 5.74) is 21.8. The maximum Gasteiger partial charge on any atom is 3.00 e. The summed E-state index contributed by atoms with van der Waals surface area (Å²) in [6.45, 7) is 26.8. The van der Waals surface area contributed by atoms with Gasteiger partial charge >= 0.3 is 20.1 Å². The molecule has 0 N–H and O–H groups in total. The van der Waals surface area contributed by atoms with Crippen molar-refractivity contribution in [2.75, 3.05) is 0 Å². The molecule has 101 heavy (non-hydrogen) atoms. The first-order valence-corrected chi connectivity index (χ1v) is 34.9. The van der Waals surface area contributed by atoms with E-state index in [1.807, 2.05) is 30.5 Å². The Morgan fingerprint density at radius 2 is 0.881 bits per heavy atom. The summed E-state index contributed by atoms with van der Waals surface area (Å²) < 4.78 is 40.3. The predicted molar refractivity (Wildman–Crippen MR) is 411 cm³/mol. The van der Waals surface area contributed by atoms with Crippen LogP contribution < -0.4 is 0 Å². The van der Waals surface area contributed by atoms with E-state index < -0.39 is 0 Å². The van der Waals surface area contributed by atoms with E-state index in [0.29, 0.717) is 23.7 Å². The van der Waals surface area contributed by atoms with Gasteiger partial charge in [-0.3, -0.25) is 23.7 Å². The average molecular weight is 1500 g/mol. The smallest absolute Gasteiger partial charge is 0.501 e. The first-order chi connectivity index (χ1) is 48.4. The molecule has 0 fully saturated rings. The Bertz CT molecular complexity index is 5570. The van der Waals surface area contributed by atoms with Crippen molar-refractivity contribution in [2.24, 2.45) is 0 Å². The Balaban J connectivity index is 0.000000147. The standard InChI is InChI=1S/C45H35N2O.C25H24FN2.C21H22FN2.Ir/c1-27(2)36-24-32(29-13-6-5-7-14-29)25-37(28(3)4)43(36)47-41-20-11-10-19-40(41)46-45(47)35-18-12-17-34-39-23-31-22-21-30-15-8-9-16-33(30)38(31)26-42(39)48-44(34)35;1-16(2)20-8-7-9-21(17(3)4)24(20)28-23-11-6-5-10-22(23)27-25(28)18-12-14-19(26)15-13-18;1-14(2)18-6-5-7-19(15(3)4)20(18)24-13-12-23-21(24)16-8-10-17(22)11-9-16;/h5-17,19-28H,1-4H3;5-12,14-17H,1-4H3;5-8,10-15H,1-4H3;/q3*-1;+3. The molecule has 16 aromatic rings. The van der Waals surface area contributed by atoms with Crippen molar-refractivity contribution >= 4 is 65.6 Å². The molecule has 4 heterocycles. The van der Waals surface area contributed by atoms with Crippen LogP contribution in [0.4, 0.5) is 8.78 Å². The molecular weight excluding hydrogens is 1420 g/mol. The third kappa shape index (κ3) is 13.3. The van der Waals surface area contributed by atoms with Crippen LogP contribution in [0, 0.1) is 29.8 Å². The van der Waals surface area contributed by atoms with E-state index in [2.05, 4.69) is 284 Å². The molecule has 10 heteroatoms. The number of fused-ring (bicyclic) bond motifs is 8. The van der Waals surface area contributed by atoms with Crippen molar-refractivity contribution < 1.29 is 33.3 Å². The number of halogens is 2. The summed E-state index contributed by atoms with van der Waals surface area (Å²) >= 11 is 0. The van der Waals surface area contributed by atoms with Crippen molar-refractivity contribution in [3.63, 3.8) is 0 Å². The van der Waals surface area contributed by atoms with Crippen LogP contribution in [0.2, 0.25) is 0 Å². The molecule has 7 nitrogen and oxygen atoms in total. The predicted octanol–water partition coefficient (Wildman–Crippen LogP) is 25.2. The normalized spacial score (nSPS) is 11.7. The van der Waals surface area contributed by atoms with E-state index >= 15 is 0 Å². The van der Waals surface area contributed by atoms with Crippen LogP contribution in [-0.2, 0) is 20.1 Å². The Labute approximate surface area is 604 Å². The number of benzene rings is 12. The Morgan fingerprint density at radius 1 is 0.386 bits per heavy atom. The van der Waals surface area contributed by atoms with Crippen molar-refractivity contribution in [3.05, 3.63) is 300 Å². The molecule has 12 aromatic carbocycles. The molecule has 0 aliphatic carbocycles. The summed E-state index contributed by atoms with van der Waals surface area (Å²) in [5.74, 6) is 3.90. The van der Waals surface area contributed by atoms with Gasteiger partial charge in [0.1, 0.15) is 5.58 Å². The number of hydrogen-bond acceptors (Lipinski definition) is 4. The molecule has 0 spiro atoms. The van der Waals surface area contributed by atoms with Gasteiger partial charge < -0.3 is 18.1 Å². The fourth-order valence-electron chi connectivity index (χ4n) is 14.2. The first-order valence-electron chi connectivity index (χ1n) is 34.9. The number of hydrogen-bond donors (Lipinski definition) is 0. The molecule has 0 amide bonds. The van der Waals surface area contributed by atoms with E-state index in [1.165, 1.54) is 107 Å². The van der Waals surface area contributed by atoms with Crippen LogP contribution >= 0.6 is 0 Å². The van der Waals surface area contributed by atoms with Gasteiger partial charge in [-0.05, 0) is 150 Å². The van der Waals surface area contributed by atoms with Crippen LogP contribution in [-0.4, -0.2) is 28.7 Å². The van der Waals surface area contributed by atoms with Gasteiger partial charge in [-0.1, -0.05) is 221 Å². The number of imidazole rings is 3. The fourth-order valence-corrected chi connectivity index (χ4v) is 14.2. The molecular formula is C91H81F2IrN6O. The van der Waals surface area contributed by atoms with Crippen molar-refractivity contribution in [2.45, 2.75) is 119 Å². The van der Waals surface area contributed by atoms with Gasteiger partial charge in [0.05, 0.1) is 45.1 Å². The number of aromatic nitrogens is 6. The molecule has 0 bridgehead atoms. The molecule has 0 saturated heterocycles. The first kappa shape index (κ1) is 69.1. The third-order valence-electron chi connectivity index (χ3n) is 19.2. The van der Waals surface area contributed by atoms with Crippen LogP contribution in [0.25, 0.3) is 128 Å². The van der Waals surface area contributed by atoms with Crippen LogP contribution in [0.5, 0.6) is 0 Å². The van der Waals surface area contributed by atoms with Crippen molar-refractivity contribution in [1.29, 1.82) is 0 Å². The van der Waals surface area contributed by atoms with E-state index in [4.69, 9.17) is 14.4 Å². The third-order valence-corrected chi connectivity index (χ3v) is 19.2. The maximum absolute atomic E-state index is 13.5. The van der Waals surface area contributed by atoms with E-state index in [-0.39, 0.29) is 43.6 Å². The monoisotopic (exact) mass is 1500 g/mol. The minimum Gasteiger partial charge on any atom is -0.501 e. The average Bonchev–Trinajstić information content (AvgIpc) is 1.59. The molecule has 0 radical (unpaired) electrons. The van der Waals surface area contributed by atoms with Gasteiger partial charge in [0.2, 0.25) is 0 Å². The second kappa shape index (κ2) is 29.1. The van der Waals surface area contributed by atoms with Gasteiger partial charge in [-0.25, -0.2) is 0 Å². The number of nitrogens with zero attached hydrogens (tertiary/aromatic N) is 6. The van der Waals surface area contributed by atoms with Crippen LogP contribution in [0.1, 0.15) is 152 Å². The minimum absolute atomic E-state index is 0. The zero-order chi connectivity index (χ0) is 69.6. The van der Waals surface area contributed by atoms with E-state index in [0.717, 1.165) is 78.2 Å². The summed E-state index contributed by atoms with van der Waals surface area (Å²) in [7, 11) is 0. The van der Waals surface area contributed by atoms with Gasteiger partial charge in [0.25, 0.3) is 0 Å². The Morgan fingerprint density at radius 3 is 1.45 bits per heavy atom. The topological polar surface area (TPSA) is 66.6 Å².